The molecule has 0 saturated carbocycles. The first-order valence-corrected chi connectivity index (χ1v) is 24.7. The van der Waals surface area contributed by atoms with Gasteiger partial charge in [-0.2, -0.15) is 4.57 Å². The van der Waals surface area contributed by atoms with Gasteiger partial charge in [-0.25, -0.2) is 14.6 Å². The van der Waals surface area contributed by atoms with Crippen LogP contribution < -0.4 is 30.5 Å². The number of carbonyl (C=O) groups excluding carboxylic acids is 2. The highest BCUT2D eigenvalue weighted by Crippen LogP contribution is 2.25. The van der Waals surface area contributed by atoms with E-state index < -0.39 is 5.63 Å². The van der Waals surface area contributed by atoms with Crippen molar-refractivity contribution in [3.63, 3.8) is 0 Å². The summed E-state index contributed by atoms with van der Waals surface area (Å²) >= 11 is 5.60. The maximum atomic E-state index is 12.7. The number of nitrogens with zero attached hydrogens (tertiary/aromatic N) is 5. The molecule has 0 atom stereocenters. The summed E-state index contributed by atoms with van der Waals surface area (Å²) in [4.78, 5) is 58.4. The van der Waals surface area contributed by atoms with Gasteiger partial charge in [0.1, 0.15) is 28.1 Å². The van der Waals surface area contributed by atoms with Crippen LogP contribution in [0.3, 0.4) is 0 Å². The molecule has 0 aliphatic carbocycles. The second-order valence-corrected chi connectivity index (χ2v) is 17.4. The minimum absolute atomic E-state index is 0.209. The third kappa shape index (κ3) is 13.0. The summed E-state index contributed by atoms with van der Waals surface area (Å²) < 4.78 is 25.4. The summed E-state index contributed by atoms with van der Waals surface area (Å²) in [5.74, 6) is -0.435. The number of aromatic nitrogens is 2. The van der Waals surface area contributed by atoms with Crippen molar-refractivity contribution in [2.75, 3.05) is 77.5 Å². The number of anilines is 3. The molecule has 0 fully saturated rings. The van der Waals surface area contributed by atoms with Gasteiger partial charge in [-0.15, -0.1) is 0 Å². The maximum Gasteiger partial charge on any atom is 0.362 e. The van der Waals surface area contributed by atoms with E-state index in [4.69, 9.17) is 18.3 Å². The first kappa shape index (κ1) is 48.8. The number of hydrogen-bond donors (Lipinski definition) is 0. The molecule has 0 aliphatic rings. The number of thiazole rings is 1. The average Bonchev–Trinajstić information content (AvgIpc) is 3.67. The van der Waals surface area contributed by atoms with Gasteiger partial charge in [-0.3, -0.25) is 9.59 Å². The molecule has 0 N–H and O–H groups in total. The van der Waals surface area contributed by atoms with Crippen molar-refractivity contribution in [2.24, 2.45) is 0 Å². The van der Waals surface area contributed by atoms with E-state index in [9.17, 15) is 19.2 Å². The lowest BCUT2D eigenvalue weighted by molar-refractivity contribution is -0.669. The van der Waals surface area contributed by atoms with Gasteiger partial charge in [0.15, 0.2) is 18.7 Å². The topological polar surface area (TPSA) is 140 Å². The molecular formula is C49H50I2N5O8S+. The maximum absolute atomic E-state index is 12.7. The molecular weight excluding hydrogens is 1070 g/mol. The second kappa shape index (κ2) is 23.5. The van der Waals surface area contributed by atoms with Gasteiger partial charge in [0.25, 0.3) is 5.01 Å². The lowest BCUT2D eigenvalue weighted by Gasteiger charge is -2.20. The monoisotopic (exact) mass is 1120 g/mol. The Morgan fingerprint density at radius 2 is 1.40 bits per heavy atom. The lowest BCUT2D eigenvalue weighted by atomic mass is 10.1. The highest BCUT2D eigenvalue weighted by molar-refractivity contribution is 14.1. The van der Waals surface area contributed by atoms with Crippen LogP contribution in [0.1, 0.15) is 35.7 Å². The zero-order chi connectivity index (χ0) is 46.5. The first-order valence-electron chi connectivity index (χ1n) is 20.9. The molecule has 65 heavy (non-hydrogen) atoms. The van der Waals surface area contributed by atoms with Gasteiger partial charge in [0.05, 0.1) is 21.0 Å². The molecule has 0 spiro atoms. The van der Waals surface area contributed by atoms with Crippen molar-refractivity contribution in [3.05, 3.63) is 134 Å². The fourth-order valence-corrected chi connectivity index (χ4v) is 8.27. The van der Waals surface area contributed by atoms with Gasteiger partial charge >= 0.3 is 23.2 Å². The quantitative estimate of drug-likeness (QED) is 0.0283. The van der Waals surface area contributed by atoms with E-state index in [0.717, 1.165) is 56.3 Å². The molecule has 4 aromatic carbocycles. The van der Waals surface area contributed by atoms with Crippen LogP contribution >= 0.6 is 56.5 Å². The van der Waals surface area contributed by atoms with Crippen LogP contribution in [0.15, 0.2) is 109 Å². The predicted molar refractivity (Wildman–Crippen MR) is 280 cm³/mol. The molecule has 338 valence electrons. The Morgan fingerprint density at radius 3 is 2.11 bits per heavy atom. The van der Waals surface area contributed by atoms with Gasteiger partial charge in [0, 0.05) is 81.0 Å². The Morgan fingerprint density at radius 1 is 0.738 bits per heavy atom. The molecule has 13 nitrogen and oxygen atoms in total. The highest BCUT2D eigenvalue weighted by atomic mass is 127. The van der Waals surface area contributed by atoms with Gasteiger partial charge in [0.2, 0.25) is 5.52 Å². The summed E-state index contributed by atoms with van der Waals surface area (Å²) in [6.07, 6.45) is 7.20. The van der Waals surface area contributed by atoms with Crippen LogP contribution in [0, 0.1) is 0 Å². The molecule has 0 aliphatic heterocycles. The SMILES string of the molecule is CCN(CC)c1ccc2cc(/C=C/c3sc4ccccc4[n+]3CCOC(=O)CI)c(=O)oc2c1.CN(C)c1ccc2nc(/C=C/c3ccc(N(C)CCOC(=O)CI)cc3)c(=O)oc2c1. The van der Waals surface area contributed by atoms with E-state index in [1.807, 2.05) is 161 Å². The number of halogens is 2. The normalized spacial score (nSPS) is 11.3. The number of esters is 2. The Kier molecular flexibility index (Phi) is 17.7. The summed E-state index contributed by atoms with van der Waals surface area (Å²) in [5, 5.41) is 1.84. The van der Waals surface area contributed by atoms with E-state index >= 15 is 0 Å². The number of hydrogen-bond acceptors (Lipinski definition) is 13. The Balaban J connectivity index is 0.000000216. The van der Waals surface area contributed by atoms with Crippen molar-refractivity contribution >= 4 is 142 Å². The molecule has 0 amide bonds. The number of rotatable bonds is 17. The summed E-state index contributed by atoms with van der Waals surface area (Å²) in [6, 6.07) is 29.3. The van der Waals surface area contributed by atoms with Crippen LogP contribution in [0.2, 0.25) is 0 Å². The number of benzene rings is 4. The molecule has 7 rings (SSSR count). The largest absolute Gasteiger partial charge is 0.463 e. The Bertz CT molecular complexity index is 2940. The third-order valence-electron chi connectivity index (χ3n) is 10.3. The predicted octanol–water partition coefficient (Wildman–Crippen LogP) is 9.13. The van der Waals surface area contributed by atoms with Crippen LogP contribution in [0.4, 0.5) is 17.1 Å². The Hall–Kier alpha value is -5.60. The lowest BCUT2D eigenvalue weighted by Crippen LogP contribution is -2.37. The average molecular weight is 1120 g/mol. The standard InChI is InChI=1S/C26H26IN2O4S.C23H24IN3O4/c1-3-28(4-2)20-11-9-18-15-19(26(31)33-22(18)16-20)10-12-24-29(13-14-32-25(30)17-27)21-7-5-6-8-23(21)34-24;1-26(2)18-9-11-19-21(14-18)31-23(29)20(25-19)10-6-16-4-7-17(8-5-16)27(3)12-13-30-22(28)15-24/h5-12,15-16H,3-4,13-14,17H2,1-2H3;4-11,14H,12-13,15H2,1-3H3/q+1;/b;10-6+. The van der Waals surface area contributed by atoms with Crippen LogP contribution in [0.25, 0.3) is 56.6 Å². The molecule has 3 heterocycles. The third-order valence-corrected chi connectivity index (χ3v) is 12.7. The van der Waals surface area contributed by atoms with E-state index in [1.165, 1.54) is 0 Å². The van der Waals surface area contributed by atoms with E-state index in [1.54, 1.807) is 29.6 Å². The number of alkyl halides is 2. The fraction of sp³-hybridized carbons (Fsp3) is 0.265. The smallest absolute Gasteiger partial charge is 0.362 e. The molecule has 7 aromatic rings. The molecule has 3 aromatic heterocycles. The van der Waals surface area contributed by atoms with E-state index in [0.29, 0.717) is 57.4 Å². The number of fused-ring (bicyclic) bond motifs is 3. The van der Waals surface area contributed by atoms with Crippen LogP contribution in [0.5, 0.6) is 0 Å². The van der Waals surface area contributed by atoms with Crippen molar-refractivity contribution in [1.29, 1.82) is 0 Å². The molecule has 0 unspecified atom stereocenters. The number of carbonyl (C=O) groups is 2. The van der Waals surface area contributed by atoms with Gasteiger partial charge < -0.3 is 33.0 Å². The number of ether oxygens (including phenoxy) is 2. The minimum atomic E-state index is -0.475. The van der Waals surface area contributed by atoms with Crippen molar-refractivity contribution in [1.82, 2.24) is 4.98 Å². The molecule has 16 heteroatoms. The first-order chi connectivity index (χ1) is 31.4. The fourth-order valence-electron chi connectivity index (χ4n) is 6.74. The van der Waals surface area contributed by atoms with Gasteiger partial charge in [-0.1, -0.05) is 86.9 Å². The summed E-state index contributed by atoms with van der Waals surface area (Å²) in [6.45, 7) is 7.76. The zero-order valence-electron chi connectivity index (χ0n) is 36.8. The van der Waals surface area contributed by atoms with Crippen molar-refractivity contribution in [2.45, 2.75) is 20.4 Å². The van der Waals surface area contributed by atoms with Crippen molar-refractivity contribution in [3.8, 4) is 0 Å². The van der Waals surface area contributed by atoms with E-state index in [2.05, 4.69) is 40.4 Å². The molecule has 0 radical (unpaired) electrons. The zero-order valence-corrected chi connectivity index (χ0v) is 41.9. The summed E-state index contributed by atoms with van der Waals surface area (Å²) in [5.41, 5.74) is 6.55. The second-order valence-electron chi connectivity index (χ2n) is 14.8. The number of likely N-dealkylation sites (N-methyl/N-ethyl adjacent to an activating group) is 1. The Labute approximate surface area is 408 Å². The number of para-hydroxylation sites is 1. The van der Waals surface area contributed by atoms with E-state index in [-0.39, 0.29) is 23.3 Å². The molecule has 0 saturated heterocycles. The summed E-state index contributed by atoms with van der Waals surface area (Å²) in [7, 11) is 5.79. The van der Waals surface area contributed by atoms with Crippen LogP contribution in [-0.4, -0.2) is 79.8 Å². The molecule has 0 bridgehead atoms. The highest BCUT2D eigenvalue weighted by Gasteiger charge is 2.19. The minimum Gasteiger partial charge on any atom is -0.463 e. The van der Waals surface area contributed by atoms with Gasteiger partial charge in [-0.05, 0) is 80.1 Å². The van der Waals surface area contributed by atoms with Crippen molar-refractivity contribution < 1.29 is 32.5 Å². The van der Waals surface area contributed by atoms with Crippen LogP contribution in [-0.2, 0) is 25.6 Å².